The lowest BCUT2D eigenvalue weighted by Gasteiger charge is -2.27. The number of sulfonamides is 1. The Morgan fingerprint density at radius 2 is 2.00 bits per heavy atom. The number of hydrogen-bond donors (Lipinski definition) is 0. The summed E-state index contributed by atoms with van der Waals surface area (Å²) in [7, 11) is -3.44. The lowest BCUT2D eigenvalue weighted by atomic mass is 10.1. The summed E-state index contributed by atoms with van der Waals surface area (Å²) < 4.78 is 29.3. The highest BCUT2D eigenvalue weighted by molar-refractivity contribution is 7.89. The SMILES string of the molecule is Cc1sccc1S(=O)(=O)N1CCn2c(nnc2C2CCCC2)C1. The van der Waals surface area contributed by atoms with E-state index in [0.29, 0.717) is 30.4 Å². The summed E-state index contributed by atoms with van der Waals surface area (Å²) in [5.41, 5.74) is 0. The quantitative estimate of drug-likeness (QED) is 0.851. The Bertz CT molecular complexity index is 818. The van der Waals surface area contributed by atoms with Gasteiger partial charge in [-0.05, 0) is 31.2 Å². The molecule has 0 spiro atoms. The van der Waals surface area contributed by atoms with Crippen molar-refractivity contribution in [2.45, 2.75) is 56.5 Å². The van der Waals surface area contributed by atoms with E-state index in [-0.39, 0.29) is 0 Å². The fourth-order valence-corrected chi connectivity index (χ4v) is 6.26. The Morgan fingerprint density at radius 3 is 2.70 bits per heavy atom. The van der Waals surface area contributed by atoms with Crippen molar-refractivity contribution < 1.29 is 8.42 Å². The lowest BCUT2D eigenvalue weighted by molar-refractivity contribution is 0.329. The number of aromatic nitrogens is 3. The molecule has 1 aliphatic heterocycles. The predicted octanol–water partition coefficient (Wildman–Crippen LogP) is 2.51. The zero-order valence-electron chi connectivity index (χ0n) is 13.1. The van der Waals surface area contributed by atoms with Crippen LogP contribution in [-0.4, -0.2) is 34.0 Å². The molecule has 2 aromatic rings. The molecule has 0 bridgehead atoms. The summed E-state index contributed by atoms with van der Waals surface area (Å²) in [4.78, 5) is 1.26. The Morgan fingerprint density at radius 1 is 1.22 bits per heavy atom. The molecule has 0 aromatic carbocycles. The highest BCUT2D eigenvalue weighted by Gasteiger charge is 2.33. The van der Waals surface area contributed by atoms with Crippen LogP contribution in [0.15, 0.2) is 16.3 Å². The van der Waals surface area contributed by atoms with Crippen LogP contribution in [-0.2, 0) is 23.1 Å². The van der Waals surface area contributed by atoms with Crippen molar-refractivity contribution in [2.24, 2.45) is 0 Å². The summed E-state index contributed by atoms with van der Waals surface area (Å²) in [6, 6.07) is 1.69. The van der Waals surface area contributed by atoms with Crippen molar-refractivity contribution >= 4 is 21.4 Å². The monoisotopic (exact) mass is 352 g/mol. The minimum atomic E-state index is -3.44. The van der Waals surface area contributed by atoms with Crippen LogP contribution >= 0.6 is 11.3 Å². The molecule has 0 amide bonds. The lowest BCUT2D eigenvalue weighted by Crippen LogP contribution is -2.39. The fraction of sp³-hybridized carbons (Fsp3) is 0.600. The third-order valence-electron chi connectivity index (χ3n) is 4.90. The minimum absolute atomic E-state index is 0.317. The summed E-state index contributed by atoms with van der Waals surface area (Å²) in [5.74, 6) is 2.33. The van der Waals surface area contributed by atoms with E-state index < -0.39 is 10.0 Å². The first-order chi connectivity index (χ1) is 11.1. The van der Waals surface area contributed by atoms with Crippen LogP contribution in [0.4, 0.5) is 0 Å². The molecule has 0 atom stereocenters. The highest BCUT2D eigenvalue weighted by Crippen LogP contribution is 2.34. The van der Waals surface area contributed by atoms with E-state index in [9.17, 15) is 8.42 Å². The second-order valence-electron chi connectivity index (χ2n) is 6.29. The van der Waals surface area contributed by atoms with Gasteiger partial charge in [0.1, 0.15) is 11.6 Å². The summed E-state index contributed by atoms with van der Waals surface area (Å²) in [5, 5.41) is 10.5. The van der Waals surface area contributed by atoms with Crippen molar-refractivity contribution in [3.8, 4) is 0 Å². The van der Waals surface area contributed by atoms with Gasteiger partial charge in [0.25, 0.3) is 0 Å². The molecule has 1 fully saturated rings. The second-order valence-corrected chi connectivity index (χ2v) is 9.31. The number of thiophene rings is 1. The molecule has 6 nitrogen and oxygen atoms in total. The molecule has 1 aliphatic carbocycles. The number of rotatable bonds is 3. The predicted molar refractivity (Wildman–Crippen MR) is 87.9 cm³/mol. The molecule has 0 saturated heterocycles. The van der Waals surface area contributed by atoms with Crippen molar-refractivity contribution in [1.82, 2.24) is 19.1 Å². The first-order valence-corrected chi connectivity index (χ1v) is 10.4. The molecular weight excluding hydrogens is 332 g/mol. The van der Waals surface area contributed by atoms with E-state index in [1.54, 1.807) is 6.07 Å². The maximum absolute atomic E-state index is 12.8. The summed E-state index contributed by atoms with van der Waals surface area (Å²) in [6.45, 7) is 3.30. The zero-order valence-corrected chi connectivity index (χ0v) is 14.7. The largest absolute Gasteiger partial charge is 0.312 e. The van der Waals surface area contributed by atoms with Gasteiger partial charge in [-0.3, -0.25) is 0 Å². The maximum atomic E-state index is 12.8. The van der Waals surface area contributed by atoms with Crippen molar-refractivity contribution in [2.75, 3.05) is 6.54 Å². The molecule has 0 radical (unpaired) electrons. The van der Waals surface area contributed by atoms with Gasteiger partial charge < -0.3 is 4.57 Å². The molecule has 4 rings (SSSR count). The molecule has 2 aromatic heterocycles. The standard InChI is InChI=1S/C15H20N4O2S2/c1-11-13(6-9-22-11)23(20,21)18-7-8-19-14(10-18)16-17-15(19)12-4-2-3-5-12/h6,9,12H,2-5,7-8,10H2,1H3. The Kier molecular flexibility index (Phi) is 3.78. The van der Waals surface area contributed by atoms with Crippen LogP contribution in [0.5, 0.6) is 0 Å². The smallest absolute Gasteiger partial charge is 0.244 e. The van der Waals surface area contributed by atoms with Crippen LogP contribution < -0.4 is 0 Å². The van der Waals surface area contributed by atoms with Gasteiger partial charge >= 0.3 is 0 Å². The van der Waals surface area contributed by atoms with Gasteiger partial charge in [-0.25, -0.2) is 8.42 Å². The van der Waals surface area contributed by atoms with E-state index in [4.69, 9.17) is 0 Å². The van der Waals surface area contributed by atoms with Crippen LogP contribution in [0.3, 0.4) is 0 Å². The molecule has 124 valence electrons. The topological polar surface area (TPSA) is 68.1 Å². The Labute approximate surface area is 140 Å². The van der Waals surface area contributed by atoms with E-state index in [1.807, 2.05) is 12.3 Å². The van der Waals surface area contributed by atoms with Gasteiger partial charge in [0.2, 0.25) is 10.0 Å². The van der Waals surface area contributed by atoms with Gasteiger partial charge in [0.05, 0.1) is 11.4 Å². The molecular formula is C15H20N4O2S2. The van der Waals surface area contributed by atoms with E-state index >= 15 is 0 Å². The van der Waals surface area contributed by atoms with Gasteiger partial charge in [-0.1, -0.05) is 12.8 Å². The number of hydrogen-bond acceptors (Lipinski definition) is 5. The van der Waals surface area contributed by atoms with Crippen LogP contribution in [0.25, 0.3) is 0 Å². The molecule has 8 heteroatoms. The van der Waals surface area contributed by atoms with Gasteiger partial charge in [0.15, 0.2) is 0 Å². The molecule has 0 unspecified atom stereocenters. The Balaban J connectivity index is 1.61. The van der Waals surface area contributed by atoms with Crippen molar-refractivity contribution in [3.63, 3.8) is 0 Å². The first-order valence-electron chi connectivity index (χ1n) is 8.03. The van der Waals surface area contributed by atoms with Crippen LogP contribution in [0, 0.1) is 6.92 Å². The van der Waals surface area contributed by atoms with Crippen molar-refractivity contribution in [3.05, 3.63) is 28.0 Å². The summed E-state index contributed by atoms with van der Waals surface area (Å²) in [6.07, 6.45) is 4.86. The van der Waals surface area contributed by atoms with Gasteiger partial charge in [0, 0.05) is 23.9 Å². The maximum Gasteiger partial charge on any atom is 0.244 e. The summed E-state index contributed by atoms with van der Waals surface area (Å²) >= 11 is 1.46. The molecule has 1 saturated carbocycles. The van der Waals surface area contributed by atoms with Crippen LogP contribution in [0.2, 0.25) is 0 Å². The number of aryl methyl sites for hydroxylation is 1. The van der Waals surface area contributed by atoms with Gasteiger partial charge in [-0.2, -0.15) is 4.31 Å². The van der Waals surface area contributed by atoms with E-state index in [0.717, 1.165) is 16.5 Å². The molecule has 2 aliphatic rings. The fourth-order valence-electron chi connectivity index (χ4n) is 3.63. The third kappa shape index (κ3) is 2.53. The Hall–Kier alpha value is -1.25. The molecule has 23 heavy (non-hydrogen) atoms. The zero-order chi connectivity index (χ0) is 16.0. The van der Waals surface area contributed by atoms with Gasteiger partial charge in [-0.15, -0.1) is 21.5 Å². The molecule has 3 heterocycles. The normalized spacial score (nSPS) is 20.0. The minimum Gasteiger partial charge on any atom is -0.312 e. The van der Waals surface area contributed by atoms with E-state index in [1.165, 1.54) is 41.3 Å². The van der Waals surface area contributed by atoms with Crippen molar-refractivity contribution in [1.29, 1.82) is 0 Å². The average Bonchev–Trinajstić information content (AvgIpc) is 3.26. The van der Waals surface area contributed by atoms with Crippen LogP contribution in [0.1, 0.15) is 48.1 Å². The second kappa shape index (κ2) is 5.68. The van der Waals surface area contributed by atoms with E-state index in [2.05, 4.69) is 14.8 Å². The molecule has 0 N–H and O–H groups in total. The number of fused-ring (bicyclic) bond motifs is 1. The third-order valence-corrected chi connectivity index (χ3v) is 7.86. The average molecular weight is 352 g/mol. The first kappa shape index (κ1) is 15.3. The number of nitrogens with zero attached hydrogens (tertiary/aromatic N) is 4. The highest BCUT2D eigenvalue weighted by atomic mass is 32.2.